The number of methoxy groups -OCH3 is 1. The molecular weight excluding hydrogens is 268 g/mol. The molecule has 0 fully saturated rings. The van der Waals surface area contributed by atoms with Gasteiger partial charge in [-0.15, -0.1) is 0 Å². The summed E-state index contributed by atoms with van der Waals surface area (Å²) in [4.78, 5) is 16.4. The Morgan fingerprint density at radius 1 is 1.29 bits per heavy atom. The van der Waals surface area contributed by atoms with Crippen LogP contribution in [0.4, 0.5) is 0 Å². The van der Waals surface area contributed by atoms with Crippen molar-refractivity contribution in [1.82, 2.24) is 9.80 Å². The molecule has 0 aliphatic heterocycles. The van der Waals surface area contributed by atoms with E-state index in [4.69, 9.17) is 4.74 Å². The van der Waals surface area contributed by atoms with Crippen molar-refractivity contribution in [1.29, 1.82) is 0 Å². The first-order chi connectivity index (χ1) is 9.85. The van der Waals surface area contributed by atoms with Gasteiger partial charge in [0, 0.05) is 25.7 Å². The quantitative estimate of drug-likeness (QED) is 0.836. The standard InChI is InChI=1S/C16H26N2O3/c1-12(2)11-18(9-8-17(3)4)16(20)14-7-6-13(21-5)10-15(14)19/h6-7,10,12,19H,8-9,11H2,1-5H3. The summed E-state index contributed by atoms with van der Waals surface area (Å²) in [5, 5.41) is 10.0. The van der Waals surface area contributed by atoms with E-state index in [1.54, 1.807) is 17.0 Å². The van der Waals surface area contributed by atoms with Gasteiger partial charge in [0.2, 0.25) is 0 Å². The molecule has 1 N–H and O–H groups in total. The first-order valence-corrected chi connectivity index (χ1v) is 7.16. The molecule has 0 aliphatic rings. The molecule has 0 atom stereocenters. The highest BCUT2D eigenvalue weighted by Crippen LogP contribution is 2.24. The minimum Gasteiger partial charge on any atom is -0.507 e. The van der Waals surface area contributed by atoms with Gasteiger partial charge in [0.25, 0.3) is 5.91 Å². The molecule has 0 bridgehead atoms. The molecule has 0 saturated heterocycles. The molecule has 0 heterocycles. The Hall–Kier alpha value is -1.75. The zero-order valence-electron chi connectivity index (χ0n) is 13.6. The number of phenolic OH excluding ortho intramolecular Hbond substituents is 1. The third-order valence-corrected chi connectivity index (χ3v) is 3.13. The van der Waals surface area contributed by atoms with Crippen molar-refractivity contribution in [3.8, 4) is 11.5 Å². The van der Waals surface area contributed by atoms with Crippen molar-refractivity contribution in [2.75, 3.05) is 40.8 Å². The van der Waals surface area contributed by atoms with Gasteiger partial charge in [-0.3, -0.25) is 4.79 Å². The summed E-state index contributed by atoms with van der Waals surface area (Å²) in [5.41, 5.74) is 0.315. The van der Waals surface area contributed by atoms with Gasteiger partial charge >= 0.3 is 0 Å². The normalized spacial score (nSPS) is 11.0. The maximum atomic E-state index is 12.6. The van der Waals surface area contributed by atoms with E-state index in [9.17, 15) is 9.90 Å². The number of hydrogen-bond donors (Lipinski definition) is 1. The minimum absolute atomic E-state index is 0.0436. The maximum absolute atomic E-state index is 12.6. The largest absolute Gasteiger partial charge is 0.507 e. The average molecular weight is 294 g/mol. The maximum Gasteiger partial charge on any atom is 0.257 e. The van der Waals surface area contributed by atoms with Gasteiger partial charge in [0.15, 0.2) is 0 Å². The van der Waals surface area contributed by atoms with Gasteiger partial charge in [0.1, 0.15) is 11.5 Å². The summed E-state index contributed by atoms with van der Waals surface area (Å²) in [7, 11) is 5.48. The Morgan fingerprint density at radius 2 is 1.95 bits per heavy atom. The number of carbonyl (C=O) groups excluding carboxylic acids is 1. The van der Waals surface area contributed by atoms with Crippen LogP contribution >= 0.6 is 0 Å². The average Bonchev–Trinajstić information content (AvgIpc) is 2.42. The molecule has 118 valence electrons. The number of carbonyl (C=O) groups is 1. The lowest BCUT2D eigenvalue weighted by Gasteiger charge is -2.26. The lowest BCUT2D eigenvalue weighted by Crippen LogP contribution is -2.39. The van der Waals surface area contributed by atoms with Gasteiger partial charge in [-0.05, 0) is 32.1 Å². The first-order valence-electron chi connectivity index (χ1n) is 7.16. The van der Waals surface area contributed by atoms with Crippen molar-refractivity contribution < 1.29 is 14.6 Å². The number of nitrogens with zero attached hydrogens (tertiary/aromatic N) is 2. The number of benzene rings is 1. The monoisotopic (exact) mass is 294 g/mol. The van der Waals surface area contributed by atoms with E-state index < -0.39 is 0 Å². The lowest BCUT2D eigenvalue weighted by molar-refractivity contribution is 0.0721. The van der Waals surface area contributed by atoms with Crippen LogP contribution in [0.25, 0.3) is 0 Å². The summed E-state index contributed by atoms with van der Waals surface area (Å²) in [5.74, 6) is 0.716. The van der Waals surface area contributed by atoms with Gasteiger partial charge in [-0.25, -0.2) is 0 Å². The molecule has 21 heavy (non-hydrogen) atoms. The number of phenols is 1. The van der Waals surface area contributed by atoms with Gasteiger partial charge in [0.05, 0.1) is 12.7 Å². The third kappa shape index (κ3) is 5.27. The number of hydrogen-bond acceptors (Lipinski definition) is 4. The molecule has 0 radical (unpaired) electrons. The number of aromatic hydroxyl groups is 1. The van der Waals surface area contributed by atoms with Crippen LogP contribution in [0.5, 0.6) is 11.5 Å². The summed E-state index contributed by atoms with van der Waals surface area (Å²) in [6.07, 6.45) is 0. The molecule has 0 aliphatic carbocycles. The zero-order valence-corrected chi connectivity index (χ0v) is 13.6. The molecule has 5 nitrogen and oxygen atoms in total. The van der Waals surface area contributed by atoms with Crippen LogP contribution in [0.2, 0.25) is 0 Å². The molecule has 5 heteroatoms. The van der Waals surface area contributed by atoms with Crippen LogP contribution < -0.4 is 4.74 Å². The van der Waals surface area contributed by atoms with Crippen molar-refractivity contribution in [3.63, 3.8) is 0 Å². The predicted molar refractivity (Wildman–Crippen MR) is 84.0 cm³/mol. The van der Waals surface area contributed by atoms with E-state index >= 15 is 0 Å². The number of rotatable bonds is 7. The SMILES string of the molecule is COc1ccc(C(=O)N(CCN(C)C)CC(C)C)c(O)c1. The Labute approximate surface area is 127 Å². The molecule has 0 unspecified atom stereocenters. The molecular formula is C16H26N2O3. The summed E-state index contributed by atoms with van der Waals surface area (Å²) in [6, 6.07) is 4.76. The Morgan fingerprint density at radius 3 is 2.43 bits per heavy atom. The Kier molecular flexibility index (Phi) is 6.49. The van der Waals surface area contributed by atoms with Crippen LogP contribution in [0.3, 0.4) is 0 Å². The van der Waals surface area contributed by atoms with Gasteiger partial charge < -0.3 is 19.6 Å². The molecule has 0 aromatic heterocycles. The fraction of sp³-hybridized carbons (Fsp3) is 0.562. The topological polar surface area (TPSA) is 53.0 Å². The highest BCUT2D eigenvalue weighted by molar-refractivity contribution is 5.97. The minimum atomic E-state index is -0.147. The fourth-order valence-electron chi connectivity index (χ4n) is 2.03. The number of likely N-dealkylation sites (N-methyl/N-ethyl adjacent to an activating group) is 1. The second-order valence-electron chi connectivity index (χ2n) is 5.83. The predicted octanol–water partition coefficient (Wildman–Crippen LogP) is 2.06. The molecule has 1 rings (SSSR count). The molecule has 1 aromatic rings. The van der Waals surface area contributed by atoms with Crippen LogP contribution in [-0.2, 0) is 0 Å². The van der Waals surface area contributed by atoms with Crippen molar-refractivity contribution >= 4 is 5.91 Å². The smallest absolute Gasteiger partial charge is 0.257 e. The van der Waals surface area contributed by atoms with E-state index in [0.29, 0.717) is 30.3 Å². The summed E-state index contributed by atoms with van der Waals surface area (Å²) >= 11 is 0. The van der Waals surface area contributed by atoms with Crippen molar-refractivity contribution in [2.45, 2.75) is 13.8 Å². The first kappa shape index (κ1) is 17.3. The fourth-order valence-corrected chi connectivity index (χ4v) is 2.03. The van der Waals surface area contributed by atoms with Crippen LogP contribution in [0.1, 0.15) is 24.2 Å². The Balaban J connectivity index is 2.93. The summed E-state index contributed by atoms with van der Waals surface area (Å²) in [6.45, 7) is 6.23. The van der Waals surface area contributed by atoms with Crippen molar-refractivity contribution in [2.24, 2.45) is 5.92 Å². The van der Waals surface area contributed by atoms with E-state index in [1.165, 1.54) is 13.2 Å². The number of ether oxygens (including phenoxy) is 1. The van der Waals surface area contributed by atoms with Gasteiger partial charge in [-0.2, -0.15) is 0 Å². The highest BCUT2D eigenvalue weighted by atomic mass is 16.5. The highest BCUT2D eigenvalue weighted by Gasteiger charge is 2.20. The van der Waals surface area contributed by atoms with Crippen LogP contribution in [0, 0.1) is 5.92 Å². The molecule has 0 spiro atoms. The summed E-state index contributed by atoms with van der Waals surface area (Å²) < 4.78 is 5.04. The molecule has 0 saturated carbocycles. The van der Waals surface area contributed by atoms with E-state index in [-0.39, 0.29) is 11.7 Å². The number of amides is 1. The van der Waals surface area contributed by atoms with Crippen molar-refractivity contribution in [3.05, 3.63) is 23.8 Å². The van der Waals surface area contributed by atoms with E-state index in [2.05, 4.69) is 13.8 Å². The van der Waals surface area contributed by atoms with Crippen LogP contribution in [-0.4, -0.2) is 61.7 Å². The zero-order chi connectivity index (χ0) is 16.0. The van der Waals surface area contributed by atoms with Gasteiger partial charge in [-0.1, -0.05) is 13.8 Å². The third-order valence-electron chi connectivity index (χ3n) is 3.13. The van der Waals surface area contributed by atoms with Crippen LogP contribution in [0.15, 0.2) is 18.2 Å². The van der Waals surface area contributed by atoms with E-state index in [1.807, 2.05) is 19.0 Å². The molecule has 1 amide bonds. The second-order valence-corrected chi connectivity index (χ2v) is 5.83. The lowest BCUT2D eigenvalue weighted by atomic mass is 10.1. The second kappa shape index (κ2) is 7.88. The molecule has 1 aromatic carbocycles. The van der Waals surface area contributed by atoms with E-state index in [0.717, 1.165) is 6.54 Å². The Bertz CT molecular complexity index is 473.